The lowest BCUT2D eigenvalue weighted by Gasteiger charge is -2.20. The molecular formula is C24H30F2N6O. The molecule has 1 saturated carbocycles. The molecule has 0 radical (unpaired) electrons. The average molecular weight is 457 g/mol. The van der Waals surface area contributed by atoms with Crippen LogP contribution in [0.4, 0.5) is 8.78 Å². The number of nitrogens with zero attached hydrogens (tertiary/aromatic N) is 5. The van der Waals surface area contributed by atoms with Gasteiger partial charge in [-0.05, 0) is 65.3 Å². The van der Waals surface area contributed by atoms with Gasteiger partial charge < -0.3 is 9.88 Å². The average Bonchev–Trinajstić information content (AvgIpc) is 3.53. The molecule has 2 aromatic rings. The fraction of sp³-hybridized carbons (Fsp3) is 0.500. The number of imidazole rings is 1. The Morgan fingerprint density at radius 2 is 1.97 bits per heavy atom. The summed E-state index contributed by atoms with van der Waals surface area (Å²) in [6.07, 6.45) is 3.08. The summed E-state index contributed by atoms with van der Waals surface area (Å²) in [6.45, 7) is 7.28. The van der Waals surface area contributed by atoms with Gasteiger partial charge in [-0.3, -0.25) is 14.7 Å². The number of carbonyl (C=O) groups is 1. The van der Waals surface area contributed by atoms with Crippen LogP contribution in [0.2, 0.25) is 0 Å². The van der Waals surface area contributed by atoms with Crippen LogP contribution in [0.25, 0.3) is 11.4 Å². The molecule has 33 heavy (non-hydrogen) atoms. The van der Waals surface area contributed by atoms with E-state index >= 15 is 0 Å². The summed E-state index contributed by atoms with van der Waals surface area (Å²) in [6, 6.07) is 4.41. The number of amides is 1. The molecule has 1 aromatic carbocycles. The summed E-state index contributed by atoms with van der Waals surface area (Å²) >= 11 is 0. The molecule has 2 heterocycles. The van der Waals surface area contributed by atoms with Crippen LogP contribution in [0, 0.1) is 11.6 Å². The Morgan fingerprint density at radius 1 is 1.21 bits per heavy atom. The van der Waals surface area contributed by atoms with Crippen LogP contribution in [-0.2, 0) is 13.1 Å². The highest BCUT2D eigenvalue weighted by molar-refractivity contribution is 6.01. The fourth-order valence-corrected chi connectivity index (χ4v) is 3.96. The number of halogens is 2. The fourth-order valence-electron chi connectivity index (χ4n) is 3.96. The molecular weight excluding hydrogens is 426 g/mol. The van der Waals surface area contributed by atoms with Crippen molar-refractivity contribution in [1.29, 1.82) is 0 Å². The van der Waals surface area contributed by atoms with Gasteiger partial charge in [-0.25, -0.2) is 18.8 Å². The second-order valence-corrected chi connectivity index (χ2v) is 9.00. The van der Waals surface area contributed by atoms with Gasteiger partial charge in [0.05, 0.1) is 18.3 Å². The van der Waals surface area contributed by atoms with Crippen molar-refractivity contribution in [2.75, 3.05) is 13.6 Å². The van der Waals surface area contributed by atoms with Crippen LogP contribution in [0.1, 0.15) is 56.2 Å². The minimum atomic E-state index is -0.940. The van der Waals surface area contributed by atoms with E-state index in [1.807, 2.05) is 25.5 Å². The molecule has 1 fully saturated rings. The number of benzene rings is 1. The molecule has 1 atom stereocenters. The first-order chi connectivity index (χ1) is 15.7. The van der Waals surface area contributed by atoms with Crippen molar-refractivity contribution in [3.8, 4) is 11.4 Å². The Morgan fingerprint density at radius 3 is 2.67 bits per heavy atom. The van der Waals surface area contributed by atoms with Crippen molar-refractivity contribution in [1.82, 2.24) is 19.8 Å². The first kappa shape index (κ1) is 23.2. The quantitative estimate of drug-likeness (QED) is 0.549. The van der Waals surface area contributed by atoms with Gasteiger partial charge >= 0.3 is 0 Å². The normalized spacial score (nSPS) is 19.9. The number of aliphatic imine (C=N–C) groups is 2. The number of amidine groups is 1. The zero-order chi connectivity index (χ0) is 23.7. The SMILES string of the molecule is CC(CNC(=O)c1nc(-c2ccc(F)c(F)c2)n2c1CN(C)C(C)CC2)=NC(C)=NC1CC1. The van der Waals surface area contributed by atoms with Crippen LogP contribution in [0.15, 0.2) is 28.2 Å². The van der Waals surface area contributed by atoms with E-state index in [4.69, 9.17) is 0 Å². The third kappa shape index (κ3) is 5.35. The van der Waals surface area contributed by atoms with Crippen LogP contribution < -0.4 is 5.32 Å². The van der Waals surface area contributed by atoms with Crippen molar-refractivity contribution in [3.05, 3.63) is 41.2 Å². The minimum Gasteiger partial charge on any atom is -0.345 e. The maximum Gasteiger partial charge on any atom is 0.272 e. The number of hydrogen-bond donors (Lipinski definition) is 1. The van der Waals surface area contributed by atoms with E-state index in [0.717, 1.165) is 48.6 Å². The monoisotopic (exact) mass is 456 g/mol. The lowest BCUT2D eigenvalue weighted by Crippen LogP contribution is -2.31. The Bertz CT molecular complexity index is 1120. The van der Waals surface area contributed by atoms with E-state index in [1.54, 1.807) is 0 Å². The minimum absolute atomic E-state index is 0.273. The molecule has 1 aliphatic heterocycles. The highest BCUT2D eigenvalue weighted by Crippen LogP contribution is 2.28. The largest absolute Gasteiger partial charge is 0.345 e. The van der Waals surface area contributed by atoms with Crippen LogP contribution in [-0.4, -0.2) is 57.6 Å². The molecule has 1 aromatic heterocycles. The number of nitrogens with one attached hydrogen (secondary N) is 1. The number of rotatable bonds is 5. The molecule has 1 aliphatic carbocycles. The maximum absolute atomic E-state index is 13.9. The van der Waals surface area contributed by atoms with E-state index in [-0.39, 0.29) is 12.5 Å². The zero-order valence-electron chi connectivity index (χ0n) is 19.5. The second-order valence-electron chi connectivity index (χ2n) is 9.00. The summed E-state index contributed by atoms with van der Waals surface area (Å²) in [5.41, 5.74) is 2.25. The molecule has 1 N–H and O–H groups in total. The molecule has 0 saturated heterocycles. The number of carbonyl (C=O) groups excluding carboxylic acids is 1. The Balaban J connectivity index is 1.61. The molecule has 2 aliphatic rings. The summed E-state index contributed by atoms with van der Waals surface area (Å²) < 4.78 is 29.4. The summed E-state index contributed by atoms with van der Waals surface area (Å²) in [4.78, 5) is 28.8. The Labute approximate surface area is 192 Å². The van der Waals surface area contributed by atoms with Crippen LogP contribution in [0.5, 0.6) is 0 Å². The van der Waals surface area contributed by atoms with E-state index in [2.05, 4.69) is 32.1 Å². The molecule has 9 heteroatoms. The summed E-state index contributed by atoms with van der Waals surface area (Å²) in [5.74, 6) is -0.986. The van der Waals surface area contributed by atoms with Gasteiger partial charge in [0.25, 0.3) is 5.91 Å². The van der Waals surface area contributed by atoms with Gasteiger partial charge in [-0.15, -0.1) is 0 Å². The van der Waals surface area contributed by atoms with Crippen LogP contribution >= 0.6 is 0 Å². The number of fused-ring (bicyclic) bond motifs is 1. The third-order valence-electron chi connectivity index (χ3n) is 6.16. The predicted octanol–water partition coefficient (Wildman–Crippen LogP) is 3.82. The van der Waals surface area contributed by atoms with Crippen LogP contribution in [0.3, 0.4) is 0 Å². The second kappa shape index (κ2) is 9.51. The highest BCUT2D eigenvalue weighted by Gasteiger charge is 2.28. The third-order valence-corrected chi connectivity index (χ3v) is 6.16. The molecule has 7 nitrogen and oxygen atoms in total. The summed E-state index contributed by atoms with van der Waals surface area (Å²) in [7, 11) is 2.00. The van der Waals surface area contributed by atoms with E-state index in [0.29, 0.717) is 42.3 Å². The Kier molecular flexibility index (Phi) is 6.69. The van der Waals surface area contributed by atoms with Gasteiger partial charge in [0.2, 0.25) is 0 Å². The maximum atomic E-state index is 13.9. The van der Waals surface area contributed by atoms with Gasteiger partial charge in [-0.2, -0.15) is 0 Å². The van der Waals surface area contributed by atoms with Gasteiger partial charge in [0.15, 0.2) is 17.3 Å². The van der Waals surface area contributed by atoms with Crippen molar-refractivity contribution in [2.45, 2.75) is 65.2 Å². The Hall–Kier alpha value is -2.94. The molecule has 176 valence electrons. The van der Waals surface area contributed by atoms with Crippen molar-refractivity contribution in [2.24, 2.45) is 9.98 Å². The zero-order valence-corrected chi connectivity index (χ0v) is 19.5. The van der Waals surface area contributed by atoms with Crippen molar-refractivity contribution in [3.63, 3.8) is 0 Å². The molecule has 1 unspecified atom stereocenters. The number of aromatic nitrogens is 2. The topological polar surface area (TPSA) is 74.9 Å². The standard InChI is InChI=1S/C24H30F2N6O/c1-14(28-16(3)29-18-6-7-18)12-27-24(33)22-21-13-31(4)15(2)9-10-32(21)23(30-22)17-5-8-19(25)20(26)11-17/h5,8,11,15,18H,6-7,9-10,12-13H2,1-4H3,(H,27,33). The van der Waals surface area contributed by atoms with E-state index < -0.39 is 11.6 Å². The summed E-state index contributed by atoms with van der Waals surface area (Å²) in [5, 5.41) is 2.90. The van der Waals surface area contributed by atoms with Gasteiger partial charge in [0.1, 0.15) is 11.7 Å². The first-order valence-electron chi connectivity index (χ1n) is 11.3. The van der Waals surface area contributed by atoms with Gasteiger partial charge in [0, 0.05) is 30.4 Å². The number of hydrogen-bond acceptors (Lipinski definition) is 4. The smallest absolute Gasteiger partial charge is 0.272 e. The van der Waals surface area contributed by atoms with Gasteiger partial charge in [-0.1, -0.05) is 0 Å². The first-order valence-corrected chi connectivity index (χ1v) is 11.3. The predicted molar refractivity (Wildman–Crippen MR) is 125 cm³/mol. The van der Waals surface area contributed by atoms with Crippen molar-refractivity contribution < 1.29 is 13.6 Å². The highest BCUT2D eigenvalue weighted by atomic mass is 19.2. The lowest BCUT2D eigenvalue weighted by molar-refractivity contribution is 0.0952. The van der Waals surface area contributed by atoms with Crippen molar-refractivity contribution >= 4 is 17.5 Å². The van der Waals surface area contributed by atoms with E-state index in [1.165, 1.54) is 6.07 Å². The van der Waals surface area contributed by atoms with E-state index in [9.17, 15) is 13.6 Å². The molecule has 4 rings (SSSR count). The molecule has 1 amide bonds. The molecule has 0 bridgehead atoms. The lowest BCUT2D eigenvalue weighted by atomic mass is 10.2. The molecule has 0 spiro atoms.